The molecular weight excluding hydrogens is 298 g/mol. The molecule has 1 aromatic carbocycles. The molecule has 2 rings (SSSR count). The lowest BCUT2D eigenvalue weighted by Gasteiger charge is -2.09. The lowest BCUT2D eigenvalue weighted by Crippen LogP contribution is -2.22. The second kappa shape index (κ2) is 6.93. The first kappa shape index (κ1) is 14.4. The van der Waals surface area contributed by atoms with Crippen LogP contribution in [0, 0.1) is 0 Å². The Balaban J connectivity index is 1.92. The Morgan fingerprint density at radius 2 is 1.95 bits per heavy atom. The van der Waals surface area contributed by atoms with Gasteiger partial charge in [0.05, 0.1) is 5.25 Å². The summed E-state index contributed by atoms with van der Waals surface area (Å²) >= 11 is 4.49. The van der Waals surface area contributed by atoms with Gasteiger partial charge in [-0.25, -0.2) is 0 Å². The maximum Gasteiger partial charge on any atom is 0.237 e. The van der Waals surface area contributed by atoms with E-state index in [1.807, 2.05) is 43.5 Å². The molecule has 1 heterocycles. The van der Waals surface area contributed by atoms with Crippen molar-refractivity contribution in [3.63, 3.8) is 0 Å². The van der Waals surface area contributed by atoms with E-state index in [-0.39, 0.29) is 11.2 Å². The van der Waals surface area contributed by atoms with Crippen molar-refractivity contribution in [3.05, 3.63) is 30.3 Å². The average molecular weight is 311 g/mol. The molecule has 0 saturated carbocycles. The van der Waals surface area contributed by atoms with Crippen LogP contribution in [-0.2, 0) is 4.79 Å². The number of carbonyl (C=O) groups is 1. The van der Waals surface area contributed by atoms with E-state index in [0.717, 1.165) is 14.4 Å². The molecule has 1 N–H and O–H groups in total. The summed E-state index contributed by atoms with van der Waals surface area (Å²) in [5.41, 5.74) is 0.807. The first-order valence-electron chi connectivity index (χ1n) is 5.59. The van der Waals surface area contributed by atoms with Crippen molar-refractivity contribution in [3.8, 4) is 0 Å². The summed E-state index contributed by atoms with van der Waals surface area (Å²) in [4.78, 5) is 12.0. The molecule has 0 bridgehead atoms. The van der Waals surface area contributed by atoms with E-state index in [0.29, 0.717) is 0 Å². The minimum atomic E-state index is -0.206. The maximum atomic E-state index is 12.0. The van der Waals surface area contributed by atoms with Gasteiger partial charge >= 0.3 is 0 Å². The van der Waals surface area contributed by atoms with E-state index < -0.39 is 0 Å². The molecule has 4 nitrogen and oxygen atoms in total. The molecule has 0 aliphatic rings. The Bertz CT molecular complexity index is 544. The number of nitrogens with zero attached hydrogens (tertiary/aromatic N) is 2. The first-order valence-corrected chi connectivity index (χ1v) is 8.51. The molecule has 7 heteroatoms. The molecule has 0 spiro atoms. The van der Waals surface area contributed by atoms with Gasteiger partial charge in [0, 0.05) is 5.69 Å². The normalized spacial score (nSPS) is 12.1. The van der Waals surface area contributed by atoms with E-state index in [9.17, 15) is 4.79 Å². The summed E-state index contributed by atoms with van der Waals surface area (Å²) in [6.45, 7) is 1.86. The topological polar surface area (TPSA) is 54.9 Å². The van der Waals surface area contributed by atoms with Crippen molar-refractivity contribution < 1.29 is 4.79 Å². The molecule has 0 unspecified atom stereocenters. The zero-order chi connectivity index (χ0) is 13.7. The number of para-hydroxylation sites is 1. The Labute approximate surface area is 124 Å². The molecule has 0 aliphatic heterocycles. The lowest BCUT2D eigenvalue weighted by molar-refractivity contribution is -0.115. The van der Waals surface area contributed by atoms with Gasteiger partial charge in [0.1, 0.15) is 0 Å². The van der Waals surface area contributed by atoms with Gasteiger partial charge in [-0.05, 0) is 25.3 Å². The van der Waals surface area contributed by atoms with Crippen LogP contribution in [-0.4, -0.2) is 27.6 Å². The van der Waals surface area contributed by atoms with Crippen molar-refractivity contribution in [1.29, 1.82) is 0 Å². The zero-order valence-corrected chi connectivity index (χ0v) is 12.9. The summed E-state index contributed by atoms with van der Waals surface area (Å²) in [6.07, 6.45) is 1.96. The van der Waals surface area contributed by atoms with Gasteiger partial charge in [0.2, 0.25) is 5.91 Å². The predicted molar refractivity (Wildman–Crippen MR) is 82.1 cm³/mol. The molecule has 0 radical (unpaired) electrons. The highest BCUT2D eigenvalue weighted by molar-refractivity contribution is 8.03. The molecule has 19 heavy (non-hydrogen) atoms. The fraction of sp³-hybridized carbons (Fsp3) is 0.250. The minimum absolute atomic E-state index is 0.0305. The Kier molecular flexibility index (Phi) is 5.24. The number of aromatic nitrogens is 2. The van der Waals surface area contributed by atoms with E-state index in [1.165, 1.54) is 23.1 Å². The summed E-state index contributed by atoms with van der Waals surface area (Å²) < 4.78 is 1.73. The van der Waals surface area contributed by atoms with E-state index in [1.54, 1.807) is 11.8 Å². The van der Waals surface area contributed by atoms with Crippen LogP contribution in [0.1, 0.15) is 6.92 Å². The van der Waals surface area contributed by atoms with Crippen molar-refractivity contribution in [2.45, 2.75) is 20.9 Å². The summed E-state index contributed by atoms with van der Waals surface area (Å²) in [7, 11) is 0. The third kappa shape index (κ3) is 4.22. The summed E-state index contributed by atoms with van der Waals surface area (Å²) in [5.74, 6) is -0.0305. The summed E-state index contributed by atoms with van der Waals surface area (Å²) in [6, 6.07) is 9.43. The first-order chi connectivity index (χ1) is 9.19. The van der Waals surface area contributed by atoms with Crippen molar-refractivity contribution in [2.75, 3.05) is 11.6 Å². The monoisotopic (exact) mass is 311 g/mol. The molecular formula is C12H13N3OS3. The Hall–Kier alpha value is -1.05. The SMILES string of the molecule is CSc1nnc(S[C@H](C)C(=O)Nc2ccccc2)s1. The number of thioether (sulfide) groups is 2. The quantitative estimate of drug-likeness (QED) is 0.858. The molecule has 1 aromatic heterocycles. The van der Waals surface area contributed by atoms with Crippen LogP contribution in [0.2, 0.25) is 0 Å². The number of anilines is 1. The molecule has 0 saturated heterocycles. The largest absolute Gasteiger partial charge is 0.325 e. The number of nitrogens with one attached hydrogen (secondary N) is 1. The zero-order valence-electron chi connectivity index (χ0n) is 10.5. The van der Waals surface area contributed by atoms with E-state index >= 15 is 0 Å². The molecule has 1 atom stereocenters. The van der Waals surface area contributed by atoms with Gasteiger partial charge in [0.25, 0.3) is 0 Å². The molecule has 100 valence electrons. The standard InChI is InChI=1S/C12H13N3OS3/c1-8(18-12-15-14-11(17-2)19-12)10(16)13-9-6-4-3-5-7-9/h3-8H,1-2H3,(H,13,16)/t8-/m1/s1. The highest BCUT2D eigenvalue weighted by atomic mass is 32.2. The highest BCUT2D eigenvalue weighted by Gasteiger charge is 2.17. The number of rotatable bonds is 5. The number of hydrogen-bond donors (Lipinski definition) is 1. The Morgan fingerprint density at radius 1 is 1.26 bits per heavy atom. The maximum absolute atomic E-state index is 12.0. The summed E-state index contributed by atoms with van der Waals surface area (Å²) in [5, 5.41) is 10.7. The Morgan fingerprint density at radius 3 is 2.58 bits per heavy atom. The van der Waals surface area contributed by atoms with Gasteiger partial charge in [-0.2, -0.15) is 0 Å². The van der Waals surface area contributed by atoms with Crippen LogP contribution < -0.4 is 5.32 Å². The smallest absolute Gasteiger partial charge is 0.237 e. The number of benzene rings is 1. The average Bonchev–Trinajstić information content (AvgIpc) is 2.87. The molecule has 2 aromatic rings. The van der Waals surface area contributed by atoms with Gasteiger partial charge in [-0.15, -0.1) is 10.2 Å². The van der Waals surface area contributed by atoms with Gasteiger partial charge in [0.15, 0.2) is 8.68 Å². The lowest BCUT2D eigenvalue weighted by atomic mass is 10.3. The van der Waals surface area contributed by atoms with Crippen molar-refractivity contribution in [2.24, 2.45) is 0 Å². The van der Waals surface area contributed by atoms with Gasteiger partial charge < -0.3 is 5.32 Å². The third-order valence-corrected chi connectivity index (χ3v) is 5.33. The fourth-order valence-corrected chi connectivity index (χ4v) is 3.88. The van der Waals surface area contributed by atoms with E-state index in [4.69, 9.17) is 0 Å². The van der Waals surface area contributed by atoms with Gasteiger partial charge in [-0.1, -0.05) is 53.1 Å². The number of hydrogen-bond acceptors (Lipinski definition) is 6. The predicted octanol–water partition coefficient (Wildman–Crippen LogP) is 3.38. The molecule has 0 fully saturated rings. The van der Waals surface area contributed by atoms with Crippen LogP contribution >= 0.6 is 34.9 Å². The molecule has 1 amide bonds. The second-order valence-electron chi connectivity index (χ2n) is 3.65. The van der Waals surface area contributed by atoms with Crippen molar-refractivity contribution >= 4 is 46.5 Å². The number of amides is 1. The van der Waals surface area contributed by atoms with Crippen LogP contribution in [0.25, 0.3) is 0 Å². The van der Waals surface area contributed by atoms with Crippen LogP contribution in [0.5, 0.6) is 0 Å². The molecule has 0 aliphatic carbocycles. The van der Waals surface area contributed by atoms with Crippen LogP contribution in [0.4, 0.5) is 5.69 Å². The second-order valence-corrected chi connectivity index (χ2v) is 7.27. The van der Waals surface area contributed by atoms with Crippen LogP contribution in [0.3, 0.4) is 0 Å². The third-order valence-electron chi connectivity index (χ3n) is 2.25. The fourth-order valence-electron chi connectivity index (χ4n) is 1.30. The van der Waals surface area contributed by atoms with Gasteiger partial charge in [-0.3, -0.25) is 4.79 Å². The minimum Gasteiger partial charge on any atom is -0.325 e. The highest BCUT2D eigenvalue weighted by Crippen LogP contribution is 2.30. The van der Waals surface area contributed by atoms with E-state index in [2.05, 4.69) is 15.5 Å². The van der Waals surface area contributed by atoms with Crippen LogP contribution in [0.15, 0.2) is 39.0 Å². The van der Waals surface area contributed by atoms with Crippen molar-refractivity contribution in [1.82, 2.24) is 10.2 Å². The number of carbonyl (C=O) groups excluding carboxylic acids is 1.